The molecule has 162 valence electrons. The predicted octanol–water partition coefficient (Wildman–Crippen LogP) is 4.48. The third-order valence-electron chi connectivity index (χ3n) is 4.65. The first-order valence-electron chi connectivity index (χ1n) is 9.86. The van der Waals surface area contributed by atoms with E-state index in [-0.39, 0.29) is 23.6 Å². The minimum atomic E-state index is -0.356. The van der Waals surface area contributed by atoms with Crippen molar-refractivity contribution in [3.05, 3.63) is 70.5 Å². The van der Waals surface area contributed by atoms with E-state index in [2.05, 4.69) is 20.8 Å². The van der Waals surface area contributed by atoms with Gasteiger partial charge in [-0.25, -0.2) is 0 Å². The molecule has 7 nitrogen and oxygen atoms in total. The molecule has 0 saturated carbocycles. The Hall–Kier alpha value is -2.84. The average molecular weight is 458 g/mol. The molecule has 0 spiro atoms. The molecule has 0 aliphatic carbocycles. The van der Waals surface area contributed by atoms with E-state index in [4.69, 9.17) is 11.6 Å². The molecule has 9 heteroatoms. The van der Waals surface area contributed by atoms with Crippen LogP contribution in [-0.4, -0.2) is 32.3 Å². The number of thioether (sulfide) groups is 1. The van der Waals surface area contributed by atoms with E-state index in [1.807, 2.05) is 49.6 Å². The van der Waals surface area contributed by atoms with Gasteiger partial charge in [-0.2, -0.15) is 0 Å². The second kappa shape index (κ2) is 10.5. The Morgan fingerprint density at radius 3 is 2.52 bits per heavy atom. The Morgan fingerprint density at radius 1 is 1.13 bits per heavy atom. The molecule has 0 aliphatic rings. The van der Waals surface area contributed by atoms with Crippen molar-refractivity contribution in [1.82, 2.24) is 20.1 Å². The Labute approximate surface area is 190 Å². The Bertz CT molecular complexity index is 1070. The van der Waals surface area contributed by atoms with Crippen LogP contribution in [0, 0.1) is 6.92 Å². The molecule has 3 rings (SSSR count). The van der Waals surface area contributed by atoms with Crippen LogP contribution in [0.4, 0.5) is 5.69 Å². The van der Waals surface area contributed by atoms with E-state index in [0.717, 1.165) is 11.3 Å². The van der Waals surface area contributed by atoms with Crippen LogP contribution in [0.3, 0.4) is 0 Å². The molecular weight excluding hydrogens is 434 g/mol. The highest BCUT2D eigenvalue weighted by Crippen LogP contribution is 2.22. The van der Waals surface area contributed by atoms with Crippen molar-refractivity contribution in [3.63, 3.8) is 0 Å². The van der Waals surface area contributed by atoms with Gasteiger partial charge in [0.15, 0.2) is 11.0 Å². The molecule has 2 amide bonds. The van der Waals surface area contributed by atoms with Crippen molar-refractivity contribution in [2.75, 3.05) is 11.1 Å². The van der Waals surface area contributed by atoms with Gasteiger partial charge in [0.05, 0.1) is 11.8 Å². The number of aromatic nitrogens is 3. The summed E-state index contributed by atoms with van der Waals surface area (Å²) in [6.07, 6.45) is 0. The lowest BCUT2D eigenvalue weighted by atomic mass is 10.2. The maximum absolute atomic E-state index is 12.5. The van der Waals surface area contributed by atoms with Crippen molar-refractivity contribution >= 4 is 40.9 Å². The third-order valence-corrected chi connectivity index (χ3v) is 5.87. The molecule has 3 aromatic rings. The maximum atomic E-state index is 12.5. The van der Waals surface area contributed by atoms with E-state index in [1.54, 1.807) is 24.3 Å². The molecule has 0 aliphatic heterocycles. The SMILES string of the molecule is CCn1c(SCC(=O)Nc2ccccc2C)nnc1[C@@H](C)NC(=O)c1ccc(Cl)cc1. The highest BCUT2D eigenvalue weighted by molar-refractivity contribution is 7.99. The summed E-state index contributed by atoms with van der Waals surface area (Å²) in [5, 5.41) is 15.5. The lowest BCUT2D eigenvalue weighted by Crippen LogP contribution is -2.28. The fourth-order valence-electron chi connectivity index (χ4n) is 3.00. The lowest BCUT2D eigenvalue weighted by Gasteiger charge is -2.15. The second-order valence-electron chi connectivity index (χ2n) is 6.94. The number of hydrogen-bond donors (Lipinski definition) is 2. The van der Waals surface area contributed by atoms with Crippen molar-refractivity contribution in [2.45, 2.75) is 38.5 Å². The number of aryl methyl sites for hydroxylation is 1. The smallest absolute Gasteiger partial charge is 0.251 e. The number of amides is 2. The van der Waals surface area contributed by atoms with Crippen LogP contribution in [0.15, 0.2) is 53.7 Å². The average Bonchev–Trinajstić information content (AvgIpc) is 3.17. The van der Waals surface area contributed by atoms with Crippen LogP contribution >= 0.6 is 23.4 Å². The molecule has 1 atom stereocenters. The van der Waals surface area contributed by atoms with E-state index in [9.17, 15) is 9.59 Å². The summed E-state index contributed by atoms with van der Waals surface area (Å²) in [7, 11) is 0. The number of benzene rings is 2. The summed E-state index contributed by atoms with van der Waals surface area (Å²) in [6, 6.07) is 14.0. The molecule has 0 bridgehead atoms. The molecule has 2 N–H and O–H groups in total. The quantitative estimate of drug-likeness (QED) is 0.487. The van der Waals surface area contributed by atoms with Gasteiger partial charge in [0.1, 0.15) is 0 Å². The van der Waals surface area contributed by atoms with Gasteiger partial charge in [-0.3, -0.25) is 9.59 Å². The number of rotatable bonds is 8. The standard InChI is InChI=1S/C22H24ClN5O2S/c1-4-28-20(15(3)24-21(30)16-9-11-17(23)12-10-16)26-27-22(28)31-13-19(29)25-18-8-6-5-7-14(18)2/h5-12,15H,4,13H2,1-3H3,(H,24,30)(H,25,29)/t15-/m1/s1. The van der Waals surface area contributed by atoms with Crippen LogP contribution in [-0.2, 0) is 11.3 Å². The van der Waals surface area contributed by atoms with Crippen LogP contribution in [0.1, 0.15) is 41.6 Å². The largest absolute Gasteiger partial charge is 0.342 e. The summed E-state index contributed by atoms with van der Waals surface area (Å²) in [5.74, 6) is 0.502. The zero-order valence-electron chi connectivity index (χ0n) is 17.6. The van der Waals surface area contributed by atoms with Crippen molar-refractivity contribution in [2.24, 2.45) is 0 Å². The third kappa shape index (κ3) is 5.86. The van der Waals surface area contributed by atoms with Crippen LogP contribution in [0.5, 0.6) is 0 Å². The highest BCUT2D eigenvalue weighted by Gasteiger charge is 2.20. The maximum Gasteiger partial charge on any atom is 0.251 e. The Morgan fingerprint density at radius 2 is 1.84 bits per heavy atom. The van der Waals surface area contributed by atoms with Gasteiger partial charge in [-0.1, -0.05) is 41.6 Å². The van der Waals surface area contributed by atoms with E-state index in [1.165, 1.54) is 11.8 Å². The Balaban J connectivity index is 1.63. The van der Waals surface area contributed by atoms with Crippen LogP contribution in [0.2, 0.25) is 5.02 Å². The van der Waals surface area contributed by atoms with Gasteiger partial charge in [0.25, 0.3) is 5.91 Å². The number of halogens is 1. The molecule has 1 heterocycles. The van der Waals surface area contributed by atoms with Crippen molar-refractivity contribution in [3.8, 4) is 0 Å². The van der Waals surface area contributed by atoms with Gasteiger partial charge in [-0.15, -0.1) is 10.2 Å². The number of para-hydroxylation sites is 1. The van der Waals surface area contributed by atoms with E-state index >= 15 is 0 Å². The summed E-state index contributed by atoms with van der Waals surface area (Å²) in [4.78, 5) is 24.8. The predicted molar refractivity (Wildman–Crippen MR) is 124 cm³/mol. The number of carbonyl (C=O) groups excluding carboxylic acids is 2. The monoisotopic (exact) mass is 457 g/mol. The zero-order valence-corrected chi connectivity index (χ0v) is 19.1. The van der Waals surface area contributed by atoms with Gasteiger partial charge in [-0.05, 0) is 56.7 Å². The van der Waals surface area contributed by atoms with Crippen molar-refractivity contribution < 1.29 is 9.59 Å². The first kappa shape index (κ1) is 22.8. The van der Waals surface area contributed by atoms with Gasteiger partial charge >= 0.3 is 0 Å². The molecular formula is C22H24ClN5O2S. The van der Waals surface area contributed by atoms with Gasteiger partial charge in [0.2, 0.25) is 5.91 Å². The van der Waals surface area contributed by atoms with E-state index < -0.39 is 0 Å². The van der Waals surface area contributed by atoms with Gasteiger partial charge in [0, 0.05) is 22.8 Å². The minimum absolute atomic E-state index is 0.115. The second-order valence-corrected chi connectivity index (χ2v) is 8.32. The number of nitrogens with one attached hydrogen (secondary N) is 2. The molecule has 0 saturated heterocycles. The molecule has 1 aromatic heterocycles. The summed E-state index contributed by atoms with van der Waals surface area (Å²) < 4.78 is 1.90. The number of hydrogen-bond acceptors (Lipinski definition) is 5. The van der Waals surface area contributed by atoms with E-state index in [0.29, 0.717) is 28.1 Å². The highest BCUT2D eigenvalue weighted by atomic mass is 35.5. The number of nitrogens with zero attached hydrogens (tertiary/aromatic N) is 3. The molecule has 2 aromatic carbocycles. The topological polar surface area (TPSA) is 88.9 Å². The number of anilines is 1. The summed E-state index contributed by atoms with van der Waals surface area (Å²) in [5.41, 5.74) is 2.32. The summed E-state index contributed by atoms with van der Waals surface area (Å²) in [6.45, 7) is 6.38. The Kier molecular flexibility index (Phi) is 7.70. The normalized spacial score (nSPS) is 11.7. The molecule has 31 heavy (non-hydrogen) atoms. The zero-order chi connectivity index (χ0) is 22.4. The first-order valence-corrected chi connectivity index (χ1v) is 11.2. The fraction of sp³-hybridized carbons (Fsp3) is 0.273. The first-order chi connectivity index (χ1) is 14.9. The van der Waals surface area contributed by atoms with Crippen LogP contribution < -0.4 is 10.6 Å². The fourth-order valence-corrected chi connectivity index (χ4v) is 3.94. The minimum Gasteiger partial charge on any atom is -0.342 e. The summed E-state index contributed by atoms with van der Waals surface area (Å²) >= 11 is 7.19. The molecule has 0 radical (unpaired) electrons. The number of carbonyl (C=O) groups is 2. The lowest BCUT2D eigenvalue weighted by molar-refractivity contribution is -0.113. The molecule has 0 unspecified atom stereocenters. The van der Waals surface area contributed by atoms with Crippen molar-refractivity contribution in [1.29, 1.82) is 0 Å². The molecule has 0 fully saturated rings. The van der Waals surface area contributed by atoms with Crippen LogP contribution in [0.25, 0.3) is 0 Å². The van der Waals surface area contributed by atoms with Gasteiger partial charge < -0.3 is 15.2 Å².